The molecule has 0 aliphatic rings. The number of sulfonamides is 1. The molecule has 0 aliphatic carbocycles. The number of para-hydroxylation sites is 1. The van der Waals surface area contributed by atoms with Crippen molar-refractivity contribution < 1.29 is 28.2 Å². The number of carboxylic acid groups (broad SMARTS) is 1. The molecule has 136 valence electrons. The number of nitrogens with zero attached hydrogens (tertiary/aromatic N) is 3. The Kier molecular flexibility index (Phi) is 5.16. The van der Waals surface area contributed by atoms with E-state index >= 15 is 0 Å². The summed E-state index contributed by atoms with van der Waals surface area (Å²) in [5.41, 5.74) is -1.71. The predicted molar refractivity (Wildman–Crippen MR) is 88.4 cm³/mol. The number of nitro benzene ring substituents is 2. The van der Waals surface area contributed by atoms with Crippen LogP contribution < -0.4 is 4.31 Å². The monoisotopic (exact) mass is 381 g/mol. The largest absolute Gasteiger partial charge is 0.480 e. The fraction of sp³-hybridized carbons (Fsp3) is 0.0714. The fourth-order valence-electron chi connectivity index (χ4n) is 2.13. The lowest BCUT2D eigenvalue weighted by Gasteiger charge is -2.22. The zero-order valence-electron chi connectivity index (χ0n) is 12.9. The summed E-state index contributed by atoms with van der Waals surface area (Å²) in [7, 11) is -4.68. The minimum Gasteiger partial charge on any atom is -0.480 e. The Morgan fingerprint density at radius 3 is 2.15 bits per heavy atom. The molecule has 0 atom stereocenters. The van der Waals surface area contributed by atoms with Crippen molar-refractivity contribution in [1.82, 2.24) is 0 Å². The number of hydrogen-bond acceptors (Lipinski definition) is 7. The van der Waals surface area contributed by atoms with E-state index in [-0.39, 0.29) is 5.69 Å². The van der Waals surface area contributed by atoms with Crippen LogP contribution in [0.3, 0.4) is 0 Å². The molecule has 2 aromatic rings. The summed E-state index contributed by atoms with van der Waals surface area (Å²) < 4.78 is 26.2. The van der Waals surface area contributed by atoms with E-state index in [4.69, 9.17) is 5.11 Å². The third-order valence-electron chi connectivity index (χ3n) is 3.24. The van der Waals surface area contributed by atoms with E-state index in [9.17, 15) is 33.4 Å². The highest BCUT2D eigenvalue weighted by molar-refractivity contribution is 7.93. The van der Waals surface area contributed by atoms with Crippen LogP contribution in [0.5, 0.6) is 0 Å². The molecule has 2 aromatic carbocycles. The second-order valence-electron chi connectivity index (χ2n) is 4.91. The van der Waals surface area contributed by atoms with Gasteiger partial charge in [-0.1, -0.05) is 18.2 Å². The second-order valence-corrected chi connectivity index (χ2v) is 6.74. The lowest BCUT2D eigenvalue weighted by Crippen LogP contribution is -2.36. The molecule has 0 amide bonds. The van der Waals surface area contributed by atoms with Crippen molar-refractivity contribution in [2.75, 3.05) is 10.8 Å². The Morgan fingerprint density at radius 1 is 1.04 bits per heavy atom. The van der Waals surface area contributed by atoms with Crippen molar-refractivity contribution in [3.05, 3.63) is 68.8 Å². The van der Waals surface area contributed by atoms with Crippen LogP contribution in [-0.4, -0.2) is 35.9 Å². The summed E-state index contributed by atoms with van der Waals surface area (Å²) in [5, 5.41) is 31.0. The summed E-state index contributed by atoms with van der Waals surface area (Å²) in [6.07, 6.45) is 0. The van der Waals surface area contributed by atoms with Crippen LogP contribution in [0.15, 0.2) is 53.4 Å². The average molecular weight is 381 g/mol. The number of benzene rings is 2. The van der Waals surface area contributed by atoms with Crippen molar-refractivity contribution in [2.45, 2.75) is 4.90 Å². The van der Waals surface area contributed by atoms with E-state index in [1.54, 1.807) is 6.07 Å². The molecule has 0 spiro atoms. The van der Waals surface area contributed by atoms with Crippen LogP contribution in [0.4, 0.5) is 17.1 Å². The molecule has 0 fully saturated rings. The number of carbonyl (C=O) groups is 1. The van der Waals surface area contributed by atoms with Gasteiger partial charge in [-0.2, -0.15) is 0 Å². The molecule has 12 heteroatoms. The van der Waals surface area contributed by atoms with E-state index in [1.807, 2.05) is 0 Å². The Labute approximate surface area is 146 Å². The maximum absolute atomic E-state index is 12.9. The predicted octanol–water partition coefficient (Wildman–Crippen LogP) is 1.78. The summed E-state index contributed by atoms with van der Waals surface area (Å²) in [5.74, 6) is -1.48. The first-order chi connectivity index (χ1) is 12.1. The third-order valence-corrected chi connectivity index (χ3v) is 5.06. The van der Waals surface area contributed by atoms with Crippen molar-refractivity contribution in [2.24, 2.45) is 0 Å². The van der Waals surface area contributed by atoms with Gasteiger partial charge < -0.3 is 5.11 Å². The van der Waals surface area contributed by atoms with E-state index in [1.165, 1.54) is 24.3 Å². The van der Waals surface area contributed by atoms with Crippen LogP contribution in [0.1, 0.15) is 0 Å². The molecule has 0 radical (unpaired) electrons. The maximum Gasteiger partial charge on any atom is 0.324 e. The minimum atomic E-state index is -4.68. The summed E-state index contributed by atoms with van der Waals surface area (Å²) >= 11 is 0. The van der Waals surface area contributed by atoms with E-state index in [0.717, 1.165) is 6.07 Å². The van der Waals surface area contributed by atoms with Gasteiger partial charge in [0.1, 0.15) is 6.54 Å². The van der Waals surface area contributed by atoms with Crippen LogP contribution in [0, 0.1) is 20.2 Å². The number of anilines is 1. The van der Waals surface area contributed by atoms with E-state index < -0.39 is 48.7 Å². The standard InChI is InChI=1S/C14H11N3O8S/c18-14(19)9-15(10-4-2-1-3-5-10)26(24,25)13-7-6-11(16(20)21)8-12(13)17(22)23/h1-8H,9H2,(H,18,19). The normalized spacial score (nSPS) is 10.9. The lowest BCUT2D eigenvalue weighted by atomic mass is 10.3. The molecule has 1 N–H and O–H groups in total. The van der Waals surface area contributed by atoms with Gasteiger partial charge in [0, 0.05) is 6.07 Å². The Morgan fingerprint density at radius 2 is 1.65 bits per heavy atom. The van der Waals surface area contributed by atoms with Gasteiger partial charge in [0.2, 0.25) is 0 Å². The van der Waals surface area contributed by atoms with Crippen molar-refractivity contribution >= 4 is 33.1 Å². The topological polar surface area (TPSA) is 161 Å². The van der Waals surface area contributed by atoms with Crippen LogP contribution in [0.25, 0.3) is 0 Å². The first-order valence-electron chi connectivity index (χ1n) is 6.87. The molecule has 0 saturated carbocycles. The highest BCUT2D eigenvalue weighted by Crippen LogP contribution is 2.32. The van der Waals surface area contributed by atoms with Gasteiger partial charge in [-0.25, -0.2) is 8.42 Å². The number of rotatable bonds is 7. The summed E-state index contributed by atoms with van der Waals surface area (Å²) in [6.45, 7) is -0.986. The zero-order valence-corrected chi connectivity index (χ0v) is 13.7. The maximum atomic E-state index is 12.9. The highest BCUT2D eigenvalue weighted by atomic mass is 32.2. The van der Waals surface area contributed by atoms with Gasteiger partial charge in [-0.05, 0) is 18.2 Å². The Balaban J connectivity index is 2.68. The van der Waals surface area contributed by atoms with Crippen LogP contribution in [-0.2, 0) is 14.8 Å². The Bertz CT molecular complexity index is 975. The molecule has 0 aromatic heterocycles. The molecule has 0 bridgehead atoms. The molecular weight excluding hydrogens is 370 g/mol. The van der Waals surface area contributed by atoms with Gasteiger partial charge in [-0.3, -0.25) is 29.3 Å². The number of non-ortho nitro benzene ring substituents is 1. The number of aliphatic carboxylic acids is 1. The molecule has 0 saturated heterocycles. The average Bonchev–Trinajstić information content (AvgIpc) is 2.59. The molecule has 26 heavy (non-hydrogen) atoms. The highest BCUT2D eigenvalue weighted by Gasteiger charge is 2.34. The zero-order chi connectivity index (χ0) is 19.5. The quantitative estimate of drug-likeness (QED) is 0.560. The van der Waals surface area contributed by atoms with Crippen molar-refractivity contribution in [1.29, 1.82) is 0 Å². The van der Waals surface area contributed by atoms with Crippen LogP contribution >= 0.6 is 0 Å². The number of carboxylic acids is 1. The van der Waals surface area contributed by atoms with Gasteiger partial charge >= 0.3 is 5.97 Å². The molecule has 0 unspecified atom stereocenters. The van der Waals surface area contributed by atoms with Crippen LogP contribution in [0.2, 0.25) is 0 Å². The van der Waals surface area contributed by atoms with Crippen molar-refractivity contribution in [3.63, 3.8) is 0 Å². The summed E-state index contributed by atoms with van der Waals surface area (Å²) in [6, 6.07) is 9.15. The van der Waals surface area contributed by atoms with Gasteiger partial charge in [0.15, 0.2) is 4.90 Å². The molecular formula is C14H11N3O8S. The van der Waals surface area contributed by atoms with Gasteiger partial charge in [-0.15, -0.1) is 0 Å². The molecule has 0 aliphatic heterocycles. The number of nitro groups is 2. The van der Waals surface area contributed by atoms with E-state index in [2.05, 4.69) is 0 Å². The SMILES string of the molecule is O=C(O)CN(c1ccccc1)S(=O)(=O)c1ccc([N+](=O)[O-])cc1[N+](=O)[O-]. The first-order valence-corrected chi connectivity index (χ1v) is 8.31. The Hall–Kier alpha value is -3.54. The lowest BCUT2D eigenvalue weighted by molar-refractivity contribution is -0.396. The molecule has 0 heterocycles. The van der Waals surface area contributed by atoms with E-state index in [0.29, 0.717) is 16.4 Å². The summed E-state index contributed by atoms with van der Waals surface area (Å²) in [4.78, 5) is 30.2. The van der Waals surface area contributed by atoms with Crippen molar-refractivity contribution in [3.8, 4) is 0 Å². The minimum absolute atomic E-state index is 0.0254. The molecule has 2 rings (SSSR count). The second kappa shape index (κ2) is 7.14. The smallest absolute Gasteiger partial charge is 0.324 e. The number of hydrogen-bond donors (Lipinski definition) is 1. The fourth-order valence-corrected chi connectivity index (χ4v) is 3.69. The van der Waals surface area contributed by atoms with Gasteiger partial charge in [0.05, 0.1) is 21.6 Å². The third kappa shape index (κ3) is 3.75. The first kappa shape index (κ1) is 18.8. The van der Waals surface area contributed by atoms with Gasteiger partial charge in [0.25, 0.3) is 21.4 Å². The molecule has 11 nitrogen and oxygen atoms in total.